The molecule has 23 heavy (non-hydrogen) atoms. The van der Waals surface area contributed by atoms with E-state index in [0.717, 1.165) is 24.2 Å². The topological polar surface area (TPSA) is 46.4 Å². The molecule has 120 valence electrons. The molecule has 0 bridgehead atoms. The third-order valence-electron chi connectivity index (χ3n) is 4.75. The molecule has 0 saturated heterocycles. The van der Waals surface area contributed by atoms with E-state index in [4.69, 9.17) is 0 Å². The fraction of sp³-hybridized carbons (Fsp3) is 0.368. The van der Waals surface area contributed by atoms with E-state index in [2.05, 4.69) is 42.2 Å². The maximum Gasteiger partial charge on any atom is 0.237 e. The molecule has 1 aliphatic heterocycles. The SMILES string of the molecule is CCC([C@H]1c2ccccc2CCN1c1ccc(C)cc1)[N+](=O)[O-]. The van der Waals surface area contributed by atoms with Crippen LogP contribution in [0.3, 0.4) is 0 Å². The molecular formula is C19H22N2O2. The van der Waals surface area contributed by atoms with Gasteiger partial charge in [-0.2, -0.15) is 0 Å². The quantitative estimate of drug-likeness (QED) is 0.629. The highest BCUT2D eigenvalue weighted by atomic mass is 16.6. The maximum absolute atomic E-state index is 11.6. The van der Waals surface area contributed by atoms with Crippen molar-refractivity contribution in [1.29, 1.82) is 0 Å². The van der Waals surface area contributed by atoms with Gasteiger partial charge >= 0.3 is 0 Å². The minimum absolute atomic E-state index is 0.117. The number of hydrogen-bond donors (Lipinski definition) is 0. The van der Waals surface area contributed by atoms with Crippen LogP contribution >= 0.6 is 0 Å². The van der Waals surface area contributed by atoms with Crippen LogP contribution in [0.25, 0.3) is 0 Å². The van der Waals surface area contributed by atoms with Gasteiger partial charge in [0.1, 0.15) is 6.04 Å². The molecule has 0 aromatic heterocycles. The lowest BCUT2D eigenvalue weighted by atomic mass is 9.87. The average Bonchev–Trinajstić information content (AvgIpc) is 2.56. The molecule has 0 N–H and O–H groups in total. The second kappa shape index (κ2) is 6.41. The molecule has 0 radical (unpaired) electrons. The summed E-state index contributed by atoms with van der Waals surface area (Å²) in [5.41, 5.74) is 4.60. The van der Waals surface area contributed by atoms with Gasteiger partial charge in [-0.15, -0.1) is 0 Å². The number of anilines is 1. The Balaban J connectivity index is 2.08. The zero-order chi connectivity index (χ0) is 16.4. The summed E-state index contributed by atoms with van der Waals surface area (Å²) in [6, 6.07) is 15.6. The summed E-state index contributed by atoms with van der Waals surface area (Å²) in [6.45, 7) is 4.77. The molecule has 0 amide bonds. The number of benzene rings is 2. The van der Waals surface area contributed by atoms with Crippen LogP contribution in [0.5, 0.6) is 0 Å². The molecule has 0 spiro atoms. The number of fused-ring (bicyclic) bond motifs is 1. The summed E-state index contributed by atoms with van der Waals surface area (Å²) < 4.78 is 0. The van der Waals surface area contributed by atoms with Crippen LogP contribution in [0, 0.1) is 17.0 Å². The Labute approximate surface area is 136 Å². The molecule has 4 nitrogen and oxygen atoms in total. The molecule has 0 aliphatic carbocycles. The van der Waals surface area contributed by atoms with E-state index >= 15 is 0 Å². The van der Waals surface area contributed by atoms with Crippen molar-refractivity contribution in [2.24, 2.45) is 0 Å². The summed E-state index contributed by atoms with van der Waals surface area (Å²) in [6.07, 6.45) is 1.45. The molecule has 3 rings (SSSR count). The van der Waals surface area contributed by atoms with Crippen molar-refractivity contribution in [3.05, 3.63) is 75.3 Å². The van der Waals surface area contributed by atoms with Gasteiger partial charge in [0, 0.05) is 23.6 Å². The van der Waals surface area contributed by atoms with E-state index in [-0.39, 0.29) is 11.0 Å². The number of aryl methyl sites for hydroxylation is 1. The molecule has 4 heteroatoms. The first-order chi connectivity index (χ1) is 11.1. The first-order valence-electron chi connectivity index (χ1n) is 8.16. The minimum atomic E-state index is -0.599. The highest BCUT2D eigenvalue weighted by Gasteiger charge is 2.39. The monoisotopic (exact) mass is 310 g/mol. The predicted molar refractivity (Wildman–Crippen MR) is 92.5 cm³/mol. The van der Waals surface area contributed by atoms with Crippen LogP contribution in [0.4, 0.5) is 5.69 Å². The molecule has 2 atom stereocenters. The van der Waals surface area contributed by atoms with E-state index in [9.17, 15) is 10.1 Å². The van der Waals surface area contributed by atoms with E-state index in [0.29, 0.717) is 6.42 Å². The second-order valence-corrected chi connectivity index (χ2v) is 6.18. The van der Waals surface area contributed by atoms with Crippen molar-refractivity contribution in [3.63, 3.8) is 0 Å². The Morgan fingerprint density at radius 1 is 1.22 bits per heavy atom. The van der Waals surface area contributed by atoms with Crippen LogP contribution < -0.4 is 4.90 Å². The lowest BCUT2D eigenvalue weighted by Crippen LogP contribution is -2.44. The Hall–Kier alpha value is -2.36. The van der Waals surface area contributed by atoms with Crippen molar-refractivity contribution < 1.29 is 4.92 Å². The summed E-state index contributed by atoms with van der Waals surface area (Å²) in [7, 11) is 0. The van der Waals surface area contributed by atoms with Gasteiger partial charge in [-0.1, -0.05) is 48.9 Å². The smallest absolute Gasteiger partial charge is 0.237 e. The maximum atomic E-state index is 11.6. The van der Waals surface area contributed by atoms with Crippen LogP contribution in [0.2, 0.25) is 0 Å². The Morgan fingerprint density at radius 2 is 1.91 bits per heavy atom. The van der Waals surface area contributed by atoms with Crippen LogP contribution in [-0.2, 0) is 6.42 Å². The molecule has 0 fully saturated rings. The van der Waals surface area contributed by atoms with Gasteiger partial charge in [0.15, 0.2) is 0 Å². The van der Waals surface area contributed by atoms with Gasteiger partial charge in [0.2, 0.25) is 6.04 Å². The van der Waals surface area contributed by atoms with Gasteiger partial charge in [-0.05, 0) is 36.6 Å². The average molecular weight is 310 g/mol. The number of nitrogens with zero attached hydrogens (tertiary/aromatic N) is 2. The largest absolute Gasteiger partial charge is 0.358 e. The third-order valence-corrected chi connectivity index (χ3v) is 4.75. The number of rotatable bonds is 4. The zero-order valence-electron chi connectivity index (χ0n) is 13.6. The molecule has 2 aromatic rings. The van der Waals surface area contributed by atoms with E-state index in [1.54, 1.807) is 0 Å². The summed E-state index contributed by atoms with van der Waals surface area (Å²) in [5, 5.41) is 11.6. The molecular weight excluding hydrogens is 288 g/mol. The summed E-state index contributed by atoms with van der Waals surface area (Å²) in [5.74, 6) is 0. The lowest BCUT2D eigenvalue weighted by Gasteiger charge is -2.39. The van der Waals surface area contributed by atoms with E-state index in [1.807, 2.05) is 25.1 Å². The van der Waals surface area contributed by atoms with Gasteiger partial charge in [0.05, 0.1) is 0 Å². The fourth-order valence-electron chi connectivity index (χ4n) is 3.53. The normalized spacial score (nSPS) is 18.3. The molecule has 2 aromatic carbocycles. The van der Waals surface area contributed by atoms with Gasteiger partial charge < -0.3 is 4.90 Å². The predicted octanol–water partition coefficient (Wildman–Crippen LogP) is 4.15. The van der Waals surface area contributed by atoms with Gasteiger partial charge in [0.25, 0.3) is 0 Å². The first-order valence-corrected chi connectivity index (χ1v) is 8.16. The van der Waals surface area contributed by atoms with Crippen molar-refractivity contribution in [2.75, 3.05) is 11.4 Å². The van der Waals surface area contributed by atoms with E-state index < -0.39 is 6.04 Å². The van der Waals surface area contributed by atoms with E-state index in [1.165, 1.54) is 11.1 Å². The van der Waals surface area contributed by atoms with Crippen molar-refractivity contribution in [1.82, 2.24) is 0 Å². The minimum Gasteiger partial charge on any atom is -0.358 e. The third kappa shape index (κ3) is 2.93. The lowest BCUT2D eigenvalue weighted by molar-refractivity contribution is -0.527. The van der Waals surface area contributed by atoms with Crippen LogP contribution in [-0.4, -0.2) is 17.5 Å². The van der Waals surface area contributed by atoms with Gasteiger partial charge in [-0.3, -0.25) is 10.1 Å². The summed E-state index contributed by atoms with van der Waals surface area (Å²) >= 11 is 0. The Morgan fingerprint density at radius 3 is 2.57 bits per heavy atom. The second-order valence-electron chi connectivity index (χ2n) is 6.18. The molecule has 1 aliphatic rings. The number of hydrogen-bond acceptors (Lipinski definition) is 3. The highest BCUT2D eigenvalue weighted by molar-refractivity contribution is 5.53. The van der Waals surface area contributed by atoms with Gasteiger partial charge in [-0.25, -0.2) is 0 Å². The first kappa shape index (κ1) is 15.5. The number of nitro groups is 1. The van der Waals surface area contributed by atoms with Crippen molar-refractivity contribution in [3.8, 4) is 0 Å². The fourth-order valence-corrected chi connectivity index (χ4v) is 3.53. The van der Waals surface area contributed by atoms with Crippen molar-refractivity contribution >= 4 is 5.69 Å². The van der Waals surface area contributed by atoms with Crippen LogP contribution in [0.15, 0.2) is 48.5 Å². The molecule has 0 saturated carbocycles. The standard InChI is InChI=1S/C19H22N2O2/c1-3-18(21(22)23)19-17-7-5-4-6-15(17)12-13-20(19)16-10-8-14(2)9-11-16/h4-11,18-19H,3,12-13H2,1-2H3/t18?,19-/m1/s1. The Kier molecular flexibility index (Phi) is 4.33. The molecule has 1 unspecified atom stereocenters. The Bertz CT molecular complexity index is 697. The van der Waals surface area contributed by atoms with Crippen molar-refractivity contribution in [2.45, 2.75) is 38.8 Å². The zero-order valence-corrected chi connectivity index (χ0v) is 13.6. The highest BCUT2D eigenvalue weighted by Crippen LogP contribution is 2.37. The van der Waals surface area contributed by atoms with Crippen LogP contribution in [0.1, 0.15) is 36.1 Å². The summed E-state index contributed by atoms with van der Waals surface area (Å²) in [4.78, 5) is 13.7. The molecule has 1 heterocycles.